The van der Waals surface area contributed by atoms with Gasteiger partial charge in [-0.2, -0.15) is 0 Å². The molecule has 1 heterocycles. The Hall–Kier alpha value is -2.04. The van der Waals surface area contributed by atoms with E-state index in [1.807, 2.05) is 18.2 Å². The van der Waals surface area contributed by atoms with Crippen molar-refractivity contribution in [2.75, 3.05) is 14.1 Å². The van der Waals surface area contributed by atoms with Crippen LogP contribution >= 0.6 is 0 Å². The molecule has 18 heavy (non-hydrogen) atoms. The van der Waals surface area contributed by atoms with Crippen LogP contribution in [0.2, 0.25) is 0 Å². The molecule has 2 amide bonds. The predicted octanol–water partition coefficient (Wildman–Crippen LogP) is 0.411. The van der Waals surface area contributed by atoms with E-state index < -0.39 is 11.6 Å². The lowest BCUT2D eigenvalue weighted by atomic mass is 9.84. The molecule has 1 aromatic carbocycles. The number of β-lactam (4-membered cyclic amide) rings is 1. The number of para-hydroxylation sites is 1. The van der Waals surface area contributed by atoms with E-state index in [1.54, 1.807) is 33.2 Å². The van der Waals surface area contributed by atoms with Gasteiger partial charge in [-0.25, -0.2) is 0 Å². The monoisotopic (exact) mass is 248 g/mol. The molecule has 96 valence electrons. The summed E-state index contributed by atoms with van der Waals surface area (Å²) in [5, 5.41) is 2.62. The summed E-state index contributed by atoms with van der Waals surface area (Å²) in [7, 11) is 3.30. The molecule has 0 unspecified atom stereocenters. The summed E-state index contributed by atoms with van der Waals surface area (Å²) in [5.41, 5.74) is -0.990. The van der Waals surface area contributed by atoms with Crippen LogP contribution in [0.3, 0.4) is 0 Å². The molecular formula is C13H16N2O3. The van der Waals surface area contributed by atoms with E-state index in [-0.39, 0.29) is 11.8 Å². The van der Waals surface area contributed by atoms with E-state index in [9.17, 15) is 9.59 Å². The smallest absolute Gasteiger partial charge is 0.265 e. The molecule has 1 aromatic rings. The highest BCUT2D eigenvalue weighted by molar-refractivity contribution is 6.04. The second-order valence-electron chi connectivity index (χ2n) is 4.70. The fourth-order valence-electron chi connectivity index (χ4n) is 2.01. The molecule has 0 saturated carbocycles. The van der Waals surface area contributed by atoms with Gasteiger partial charge >= 0.3 is 0 Å². The van der Waals surface area contributed by atoms with E-state index in [4.69, 9.17) is 4.74 Å². The van der Waals surface area contributed by atoms with Crippen molar-refractivity contribution in [3.63, 3.8) is 0 Å². The predicted molar refractivity (Wildman–Crippen MR) is 66.1 cm³/mol. The lowest BCUT2D eigenvalue weighted by molar-refractivity contribution is -0.161. The lowest BCUT2D eigenvalue weighted by Gasteiger charge is -2.45. The van der Waals surface area contributed by atoms with Crippen LogP contribution in [-0.2, 0) is 9.59 Å². The highest BCUT2D eigenvalue weighted by Gasteiger charge is 2.58. The van der Waals surface area contributed by atoms with Crippen LogP contribution in [0.5, 0.6) is 5.75 Å². The van der Waals surface area contributed by atoms with Crippen LogP contribution in [0.15, 0.2) is 30.3 Å². The Kier molecular flexibility index (Phi) is 2.98. The maximum absolute atomic E-state index is 12.0. The third-order valence-corrected chi connectivity index (χ3v) is 2.99. The molecule has 0 aliphatic carbocycles. The Morgan fingerprint density at radius 2 is 1.94 bits per heavy atom. The van der Waals surface area contributed by atoms with Crippen molar-refractivity contribution in [3.8, 4) is 5.75 Å². The number of amides is 2. The van der Waals surface area contributed by atoms with Crippen LogP contribution in [0, 0.1) is 0 Å². The minimum Gasteiger partial charge on any atom is -0.478 e. The number of hydrogen-bond acceptors (Lipinski definition) is 3. The number of hydrogen-bond donors (Lipinski definition) is 1. The van der Waals surface area contributed by atoms with Crippen molar-refractivity contribution in [3.05, 3.63) is 30.3 Å². The number of nitrogens with zero attached hydrogens (tertiary/aromatic N) is 1. The third kappa shape index (κ3) is 1.92. The molecule has 1 aliphatic heterocycles. The quantitative estimate of drug-likeness (QED) is 0.788. The van der Waals surface area contributed by atoms with Gasteiger partial charge in [0.05, 0.1) is 0 Å². The summed E-state index contributed by atoms with van der Waals surface area (Å²) >= 11 is 0. The van der Waals surface area contributed by atoms with Gasteiger partial charge in [0.1, 0.15) is 5.75 Å². The van der Waals surface area contributed by atoms with Crippen molar-refractivity contribution in [2.24, 2.45) is 0 Å². The SMILES string of the molecule is CN(C)C(=O)[C@@]1(C)NC(=O)[C@H]1Oc1ccccc1. The Labute approximate surface area is 106 Å². The van der Waals surface area contributed by atoms with Crippen LogP contribution in [0.1, 0.15) is 6.92 Å². The summed E-state index contributed by atoms with van der Waals surface area (Å²) in [6.45, 7) is 1.67. The van der Waals surface area contributed by atoms with Crippen LogP contribution in [-0.4, -0.2) is 42.5 Å². The first-order valence-corrected chi connectivity index (χ1v) is 5.70. The van der Waals surface area contributed by atoms with Crippen molar-refractivity contribution < 1.29 is 14.3 Å². The first-order chi connectivity index (χ1) is 8.45. The zero-order chi connectivity index (χ0) is 13.3. The minimum atomic E-state index is -0.990. The molecule has 0 aromatic heterocycles. The molecule has 0 bridgehead atoms. The molecule has 0 spiro atoms. The average molecular weight is 248 g/mol. The molecule has 1 N–H and O–H groups in total. The van der Waals surface area contributed by atoms with E-state index in [1.165, 1.54) is 4.90 Å². The average Bonchev–Trinajstić information content (AvgIpc) is 2.36. The van der Waals surface area contributed by atoms with Crippen molar-refractivity contribution in [1.29, 1.82) is 0 Å². The Balaban J connectivity index is 2.16. The zero-order valence-corrected chi connectivity index (χ0v) is 10.6. The zero-order valence-electron chi connectivity index (χ0n) is 10.6. The van der Waals surface area contributed by atoms with Gasteiger partial charge in [-0.3, -0.25) is 9.59 Å². The number of carbonyl (C=O) groups excluding carboxylic acids is 2. The number of rotatable bonds is 3. The maximum Gasteiger partial charge on any atom is 0.265 e. The van der Waals surface area contributed by atoms with E-state index in [0.717, 1.165) is 0 Å². The summed E-state index contributed by atoms with van der Waals surface area (Å²) < 4.78 is 5.59. The second kappa shape index (κ2) is 4.33. The summed E-state index contributed by atoms with van der Waals surface area (Å²) in [4.78, 5) is 25.0. The Morgan fingerprint density at radius 1 is 1.33 bits per heavy atom. The number of benzene rings is 1. The summed E-state index contributed by atoms with van der Waals surface area (Å²) in [5.74, 6) is 0.134. The lowest BCUT2D eigenvalue weighted by Crippen LogP contribution is -2.78. The number of nitrogens with one attached hydrogen (secondary N) is 1. The van der Waals surface area contributed by atoms with Crippen molar-refractivity contribution in [2.45, 2.75) is 18.6 Å². The number of carbonyl (C=O) groups is 2. The second-order valence-corrected chi connectivity index (χ2v) is 4.70. The van der Waals surface area contributed by atoms with Gasteiger partial charge in [0, 0.05) is 14.1 Å². The Morgan fingerprint density at radius 3 is 2.44 bits per heavy atom. The number of likely N-dealkylation sites (N-methyl/N-ethyl adjacent to an activating group) is 1. The van der Waals surface area contributed by atoms with Crippen molar-refractivity contribution in [1.82, 2.24) is 10.2 Å². The summed E-state index contributed by atoms with van der Waals surface area (Å²) in [6.07, 6.45) is -0.783. The van der Waals surface area contributed by atoms with Gasteiger partial charge in [0.25, 0.3) is 11.8 Å². The third-order valence-electron chi connectivity index (χ3n) is 2.99. The normalized spacial score (nSPS) is 25.9. The van der Waals surface area contributed by atoms with Gasteiger partial charge in [-0.1, -0.05) is 18.2 Å². The Bertz CT molecular complexity index is 472. The molecule has 2 atom stereocenters. The van der Waals surface area contributed by atoms with E-state index in [2.05, 4.69) is 5.32 Å². The molecule has 2 rings (SSSR count). The first kappa shape index (κ1) is 12.4. The van der Waals surface area contributed by atoms with E-state index in [0.29, 0.717) is 5.75 Å². The molecule has 5 heteroatoms. The highest BCUT2D eigenvalue weighted by Crippen LogP contribution is 2.27. The van der Waals surface area contributed by atoms with Crippen LogP contribution < -0.4 is 10.1 Å². The summed E-state index contributed by atoms with van der Waals surface area (Å²) in [6, 6.07) is 9.00. The van der Waals surface area contributed by atoms with Crippen molar-refractivity contribution >= 4 is 11.8 Å². The molecule has 1 fully saturated rings. The number of ether oxygens (including phenoxy) is 1. The van der Waals surface area contributed by atoms with Gasteiger partial charge in [0.2, 0.25) is 6.10 Å². The van der Waals surface area contributed by atoms with Gasteiger partial charge < -0.3 is 15.0 Å². The molecule has 0 radical (unpaired) electrons. The molecule has 1 aliphatic rings. The fraction of sp³-hybridized carbons (Fsp3) is 0.385. The van der Waals surface area contributed by atoms with E-state index >= 15 is 0 Å². The fourth-order valence-corrected chi connectivity index (χ4v) is 2.01. The first-order valence-electron chi connectivity index (χ1n) is 5.70. The van der Waals surface area contributed by atoms with Gasteiger partial charge in [-0.05, 0) is 19.1 Å². The largest absolute Gasteiger partial charge is 0.478 e. The molecule has 5 nitrogen and oxygen atoms in total. The van der Waals surface area contributed by atoms with Gasteiger partial charge in [0.15, 0.2) is 5.54 Å². The highest BCUT2D eigenvalue weighted by atomic mass is 16.5. The standard InChI is InChI=1S/C13H16N2O3/c1-13(12(17)15(2)3)10(11(16)14-13)18-9-7-5-4-6-8-9/h4-8,10H,1-3H3,(H,14,16)/t10-,13+/m1/s1. The molecular weight excluding hydrogens is 232 g/mol. The topological polar surface area (TPSA) is 58.6 Å². The minimum absolute atomic E-state index is 0.178. The molecule has 1 saturated heterocycles. The maximum atomic E-state index is 12.0. The van der Waals surface area contributed by atoms with Gasteiger partial charge in [-0.15, -0.1) is 0 Å². The van der Waals surface area contributed by atoms with Crippen LogP contribution in [0.25, 0.3) is 0 Å². The van der Waals surface area contributed by atoms with Crippen LogP contribution in [0.4, 0.5) is 0 Å².